The molecule has 2 unspecified atom stereocenters. The number of likely N-dealkylation sites (tertiary alicyclic amines) is 1. The Morgan fingerprint density at radius 3 is 2.70 bits per heavy atom. The van der Waals surface area contributed by atoms with Crippen LogP contribution >= 0.6 is 0 Å². The van der Waals surface area contributed by atoms with Gasteiger partial charge in [-0.05, 0) is 32.6 Å². The molecule has 2 heterocycles. The van der Waals surface area contributed by atoms with Gasteiger partial charge >= 0.3 is 0 Å². The molecule has 2 aliphatic heterocycles. The summed E-state index contributed by atoms with van der Waals surface area (Å²) in [6, 6.07) is -0.191. The third-order valence-corrected chi connectivity index (χ3v) is 4.90. The molecule has 1 N–H and O–H groups in total. The predicted molar refractivity (Wildman–Crippen MR) is 74.1 cm³/mol. The number of carbonyl (C=O) groups is 2. The van der Waals surface area contributed by atoms with Crippen LogP contribution in [0.1, 0.15) is 51.9 Å². The first kappa shape index (κ1) is 14.0. The largest absolute Gasteiger partial charge is 0.374 e. The van der Waals surface area contributed by atoms with Crippen molar-refractivity contribution in [2.75, 3.05) is 13.2 Å². The molecule has 0 bridgehead atoms. The molecule has 0 radical (unpaired) electrons. The highest BCUT2D eigenvalue weighted by molar-refractivity contribution is 6.05. The lowest BCUT2D eigenvalue weighted by Gasteiger charge is -2.26. The molecule has 0 aromatic heterocycles. The van der Waals surface area contributed by atoms with Crippen LogP contribution in [0.3, 0.4) is 0 Å². The highest BCUT2D eigenvalue weighted by atomic mass is 16.5. The average Bonchev–Trinajstić information content (AvgIpc) is 3.10. The zero-order valence-corrected chi connectivity index (χ0v) is 12.2. The molecule has 5 nitrogen and oxygen atoms in total. The minimum atomic E-state index is -0.343. The summed E-state index contributed by atoms with van der Waals surface area (Å²) in [7, 11) is 0. The van der Waals surface area contributed by atoms with E-state index in [4.69, 9.17) is 4.74 Å². The lowest BCUT2D eigenvalue weighted by atomic mass is 10.0. The first-order valence-corrected chi connectivity index (χ1v) is 7.82. The van der Waals surface area contributed by atoms with Gasteiger partial charge in [0.15, 0.2) is 0 Å². The van der Waals surface area contributed by atoms with E-state index in [1.54, 1.807) is 0 Å². The summed E-state index contributed by atoms with van der Waals surface area (Å²) in [5, 5.41) is 3.26. The van der Waals surface area contributed by atoms with E-state index in [0.717, 1.165) is 45.1 Å². The van der Waals surface area contributed by atoms with E-state index in [2.05, 4.69) is 12.2 Å². The predicted octanol–water partition coefficient (Wildman–Crippen LogP) is 1.22. The fourth-order valence-electron chi connectivity index (χ4n) is 3.67. The Kier molecular flexibility index (Phi) is 3.82. The number of ether oxygens (including phenoxy) is 1. The van der Waals surface area contributed by atoms with E-state index < -0.39 is 0 Å². The molecule has 0 aromatic rings. The molecule has 20 heavy (non-hydrogen) atoms. The Morgan fingerprint density at radius 2 is 2.05 bits per heavy atom. The smallest absolute Gasteiger partial charge is 0.247 e. The average molecular weight is 280 g/mol. The van der Waals surface area contributed by atoms with Crippen molar-refractivity contribution in [2.24, 2.45) is 0 Å². The number of rotatable bonds is 4. The van der Waals surface area contributed by atoms with Crippen LogP contribution in [0, 0.1) is 0 Å². The molecule has 3 aliphatic rings. The second kappa shape index (κ2) is 5.45. The van der Waals surface area contributed by atoms with Crippen LogP contribution in [0.25, 0.3) is 0 Å². The molecule has 112 valence electrons. The van der Waals surface area contributed by atoms with Crippen LogP contribution in [0.2, 0.25) is 0 Å². The maximum Gasteiger partial charge on any atom is 0.247 e. The van der Waals surface area contributed by atoms with Gasteiger partial charge in [-0.15, -0.1) is 0 Å². The summed E-state index contributed by atoms with van der Waals surface area (Å²) in [5.74, 6) is -0.0274. The Labute approximate surface area is 120 Å². The topological polar surface area (TPSA) is 58.6 Å². The van der Waals surface area contributed by atoms with E-state index in [1.165, 1.54) is 4.90 Å². The van der Waals surface area contributed by atoms with Gasteiger partial charge in [-0.2, -0.15) is 0 Å². The summed E-state index contributed by atoms with van der Waals surface area (Å²) < 4.78 is 5.72. The van der Waals surface area contributed by atoms with Crippen LogP contribution < -0.4 is 5.32 Å². The Balaban J connectivity index is 1.58. The summed E-state index contributed by atoms with van der Waals surface area (Å²) in [5.41, 5.74) is -0.176. The van der Waals surface area contributed by atoms with Gasteiger partial charge in [-0.1, -0.05) is 12.8 Å². The molecular weight excluding hydrogens is 256 g/mol. The standard InChI is InChI=1S/C15H24N2O3/c1-15(7-4-8-20-15)10-16-12-9-13(18)17(14(12)19)11-5-2-3-6-11/h11-12,16H,2-10H2,1H3. The van der Waals surface area contributed by atoms with E-state index >= 15 is 0 Å². The summed E-state index contributed by atoms with van der Waals surface area (Å²) in [6.45, 7) is 3.52. The molecular formula is C15H24N2O3. The minimum absolute atomic E-state index is 0.00288. The van der Waals surface area contributed by atoms with Gasteiger partial charge in [0, 0.05) is 19.2 Å². The summed E-state index contributed by atoms with van der Waals surface area (Å²) in [6.07, 6.45) is 6.62. The number of imide groups is 1. The third kappa shape index (κ3) is 2.61. The zero-order chi connectivity index (χ0) is 14.2. The Morgan fingerprint density at radius 1 is 1.30 bits per heavy atom. The van der Waals surface area contributed by atoms with Crippen molar-refractivity contribution in [3.8, 4) is 0 Å². The minimum Gasteiger partial charge on any atom is -0.374 e. The molecule has 1 aliphatic carbocycles. The SMILES string of the molecule is CC1(CNC2CC(=O)N(C3CCCC3)C2=O)CCCO1. The summed E-state index contributed by atoms with van der Waals surface area (Å²) in [4.78, 5) is 26.0. The first-order valence-electron chi connectivity index (χ1n) is 7.82. The van der Waals surface area contributed by atoms with Gasteiger partial charge in [-0.3, -0.25) is 14.5 Å². The van der Waals surface area contributed by atoms with Crippen molar-refractivity contribution in [3.05, 3.63) is 0 Å². The van der Waals surface area contributed by atoms with Crippen LogP contribution in [0.5, 0.6) is 0 Å². The van der Waals surface area contributed by atoms with Crippen molar-refractivity contribution < 1.29 is 14.3 Å². The molecule has 2 atom stereocenters. The number of nitrogens with one attached hydrogen (secondary N) is 1. The van der Waals surface area contributed by atoms with Gasteiger partial charge in [0.25, 0.3) is 0 Å². The monoisotopic (exact) mass is 280 g/mol. The fourth-order valence-corrected chi connectivity index (χ4v) is 3.67. The van der Waals surface area contributed by atoms with Crippen LogP contribution in [0.15, 0.2) is 0 Å². The first-order chi connectivity index (χ1) is 9.59. The van der Waals surface area contributed by atoms with Gasteiger partial charge in [0.2, 0.25) is 11.8 Å². The number of amides is 2. The molecule has 1 saturated carbocycles. The Bertz CT molecular complexity index is 398. The highest BCUT2D eigenvalue weighted by Gasteiger charge is 2.43. The second-order valence-electron chi connectivity index (χ2n) is 6.58. The van der Waals surface area contributed by atoms with Crippen LogP contribution in [-0.2, 0) is 14.3 Å². The lowest BCUT2D eigenvalue weighted by Crippen LogP contribution is -2.47. The number of nitrogens with zero attached hydrogens (tertiary/aromatic N) is 1. The van der Waals surface area contributed by atoms with Crippen molar-refractivity contribution in [3.63, 3.8) is 0 Å². The second-order valence-corrected chi connectivity index (χ2v) is 6.58. The van der Waals surface area contributed by atoms with Crippen LogP contribution in [0.4, 0.5) is 0 Å². The van der Waals surface area contributed by atoms with E-state index in [1.807, 2.05) is 0 Å². The Hall–Kier alpha value is -0.940. The van der Waals surface area contributed by atoms with Gasteiger partial charge < -0.3 is 10.1 Å². The van der Waals surface area contributed by atoms with Gasteiger partial charge in [0.05, 0.1) is 18.1 Å². The molecule has 3 rings (SSSR count). The quantitative estimate of drug-likeness (QED) is 0.787. The van der Waals surface area contributed by atoms with Gasteiger partial charge in [-0.25, -0.2) is 0 Å². The van der Waals surface area contributed by atoms with E-state index in [-0.39, 0.29) is 29.5 Å². The lowest BCUT2D eigenvalue weighted by molar-refractivity contribution is -0.141. The number of carbonyl (C=O) groups excluding carboxylic acids is 2. The number of hydrogen-bond donors (Lipinski definition) is 1. The molecule has 2 saturated heterocycles. The molecule has 0 aromatic carbocycles. The molecule has 2 amide bonds. The molecule has 5 heteroatoms. The van der Waals surface area contributed by atoms with Crippen molar-refractivity contribution in [1.82, 2.24) is 10.2 Å². The van der Waals surface area contributed by atoms with Crippen molar-refractivity contribution in [1.29, 1.82) is 0 Å². The van der Waals surface area contributed by atoms with Crippen LogP contribution in [-0.4, -0.2) is 47.6 Å². The maximum atomic E-state index is 12.4. The number of hydrogen-bond acceptors (Lipinski definition) is 4. The van der Waals surface area contributed by atoms with E-state index in [9.17, 15) is 9.59 Å². The zero-order valence-electron chi connectivity index (χ0n) is 12.2. The third-order valence-electron chi connectivity index (χ3n) is 4.90. The van der Waals surface area contributed by atoms with Gasteiger partial charge in [0.1, 0.15) is 0 Å². The maximum absolute atomic E-state index is 12.4. The molecule has 0 spiro atoms. The van der Waals surface area contributed by atoms with Crippen molar-refractivity contribution >= 4 is 11.8 Å². The normalized spacial score (nSPS) is 35.5. The fraction of sp³-hybridized carbons (Fsp3) is 0.867. The van der Waals surface area contributed by atoms with Crippen molar-refractivity contribution in [2.45, 2.75) is 69.6 Å². The summed E-state index contributed by atoms with van der Waals surface area (Å²) >= 11 is 0. The van der Waals surface area contributed by atoms with E-state index in [0.29, 0.717) is 13.0 Å². The molecule has 3 fully saturated rings. The highest BCUT2D eigenvalue weighted by Crippen LogP contribution is 2.29.